The van der Waals surface area contributed by atoms with Crippen LogP contribution in [0.25, 0.3) is 0 Å². The van der Waals surface area contributed by atoms with Gasteiger partial charge in [0.25, 0.3) is 0 Å². The smallest absolute Gasteiger partial charge is 0.0648 e. The molecule has 2 saturated carbocycles. The Morgan fingerprint density at radius 3 is 2.12 bits per heavy atom. The molecule has 26 heavy (non-hydrogen) atoms. The maximum absolute atomic E-state index is 6.40. The third-order valence-corrected chi connectivity index (χ3v) is 7.10. The van der Waals surface area contributed by atoms with E-state index < -0.39 is 0 Å². The van der Waals surface area contributed by atoms with Crippen LogP contribution in [0.1, 0.15) is 84.5 Å². The molecule has 0 aromatic rings. The molecule has 2 fully saturated rings. The van der Waals surface area contributed by atoms with E-state index in [0.717, 1.165) is 18.8 Å². The Labute approximate surface area is 162 Å². The Hall–Kier alpha value is -0.600. The maximum atomic E-state index is 6.40. The van der Waals surface area contributed by atoms with Crippen molar-refractivity contribution in [3.8, 4) is 0 Å². The summed E-state index contributed by atoms with van der Waals surface area (Å²) < 4.78 is 12.5. The van der Waals surface area contributed by atoms with Crippen molar-refractivity contribution < 1.29 is 9.47 Å². The lowest BCUT2D eigenvalue weighted by Gasteiger charge is -2.47. The zero-order chi connectivity index (χ0) is 18.8. The van der Waals surface area contributed by atoms with Crippen molar-refractivity contribution in [3.63, 3.8) is 0 Å². The van der Waals surface area contributed by atoms with Crippen LogP contribution in [0.15, 0.2) is 25.3 Å². The third-order valence-electron chi connectivity index (χ3n) is 7.10. The largest absolute Gasteiger partial charge is 0.374 e. The molecule has 2 heteroatoms. The predicted octanol–water partition coefficient (Wildman–Crippen LogP) is 6.71. The third kappa shape index (κ3) is 5.96. The van der Waals surface area contributed by atoms with E-state index in [1.54, 1.807) is 0 Å². The molecule has 2 nitrogen and oxygen atoms in total. The molecule has 0 aliphatic heterocycles. The molecule has 2 aliphatic carbocycles. The summed E-state index contributed by atoms with van der Waals surface area (Å²) in [5.41, 5.74) is 0.260. The summed E-state index contributed by atoms with van der Waals surface area (Å²) in [5.74, 6) is 1.37. The first-order chi connectivity index (χ1) is 12.6. The highest BCUT2D eigenvalue weighted by molar-refractivity contribution is 4.94. The molecular formula is C24H42O2. The highest BCUT2D eigenvalue weighted by atomic mass is 16.5. The van der Waals surface area contributed by atoms with Gasteiger partial charge in [0.1, 0.15) is 0 Å². The second-order valence-electron chi connectivity index (χ2n) is 8.91. The summed E-state index contributed by atoms with van der Waals surface area (Å²) >= 11 is 0. The summed E-state index contributed by atoms with van der Waals surface area (Å²) in [5, 5.41) is 0. The topological polar surface area (TPSA) is 18.5 Å². The predicted molar refractivity (Wildman–Crippen MR) is 111 cm³/mol. The lowest BCUT2D eigenvalue weighted by Crippen LogP contribution is -2.44. The van der Waals surface area contributed by atoms with Crippen LogP contribution in [0.5, 0.6) is 0 Å². The van der Waals surface area contributed by atoms with Crippen LogP contribution < -0.4 is 0 Å². The van der Waals surface area contributed by atoms with Gasteiger partial charge < -0.3 is 9.47 Å². The van der Waals surface area contributed by atoms with Crippen LogP contribution in [0.3, 0.4) is 0 Å². The zero-order valence-corrected chi connectivity index (χ0v) is 17.4. The van der Waals surface area contributed by atoms with Crippen molar-refractivity contribution in [3.05, 3.63) is 25.3 Å². The summed E-state index contributed by atoms with van der Waals surface area (Å²) in [6, 6.07) is 0. The van der Waals surface area contributed by atoms with Gasteiger partial charge in [-0.25, -0.2) is 0 Å². The summed E-state index contributed by atoms with van der Waals surface area (Å²) in [6.45, 7) is 13.9. The monoisotopic (exact) mass is 362 g/mol. The Bertz CT molecular complexity index is 410. The van der Waals surface area contributed by atoms with E-state index in [2.05, 4.69) is 27.0 Å². The van der Waals surface area contributed by atoms with Crippen LogP contribution in [-0.4, -0.2) is 25.4 Å². The van der Waals surface area contributed by atoms with Gasteiger partial charge >= 0.3 is 0 Å². The van der Waals surface area contributed by atoms with Crippen LogP contribution in [-0.2, 0) is 9.47 Å². The van der Waals surface area contributed by atoms with Crippen molar-refractivity contribution in [2.45, 2.75) is 96.7 Å². The first-order valence-electron chi connectivity index (χ1n) is 11.1. The molecule has 2 aliphatic rings. The molecule has 0 heterocycles. The normalized spacial score (nSPS) is 34.9. The minimum Gasteiger partial charge on any atom is -0.374 e. The Kier molecular flexibility index (Phi) is 9.42. The van der Waals surface area contributed by atoms with Crippen molar-refractivity contribution in [2.75, 3.05) is 13.2 Å². The van der Waals surface area contributed by atoms with E-state index in [-0.39, 0.29) is 5.41 Å². The Morgan fingerprint density at radius 1 is 0.846 bits per heavy atom. The lowest BCUT2D eigenvalue weighted by atomic mass is 9.62. The van der Waals surface area contributed by atoms with E-state index in [1.807, 2.05) is 12.2 Å². The van der Waals surface area contributed by atoms with Crippen LogP contribution >= 0.6 is 0 Å². The minimum absolute atomic E-state index is 0.260. The summed E-state index contributed by atoms with van der Waals surface area (Å²) in [4.78, 5) is 0. The molecule has 2 rings (SSSR count). The van der Waals surface area contributed by atoms with Crippen LogP contribution in [0.4, 0.5) is 0 Å². The lowest BCUT2D eigenvalue weighted by molar-refractivity contribution is -0.0940. The second kappa shape index (κ2) is 11.3. The number of ether oxygens (including phenoxy) is 2. The molecule has 0 N–H and O–H groups in total. The van der Waals surface area contributed by atoms with Gasteiger partial charge in [0.15, 0.2) is 0 Å². The molecule has 4 unspecified atom stereocenters. The van der Waals surface area contributed by atoms with Gasteiger partial charge in [0.2, 0.25) is 0 Å². The standard InChI is InChI=1S/C24H42O2/c1-5-18-25-22-16-17-24(4,21-12-10-8-7-9-11-13-21)23(26-19-6-2)15-14-20(22)3/h5-6,20-23H,1-2,7-19H2,3-4H3. The quantitative estimate of drug-likeness (QED) is 0.469. The van der Waals surface area contributed by atoms with Gasteiger partial charge in [-0.3, -0.25) is 0 Å². The highest BCUT2D eigenvalue weighted by Crippen LogP contribution is 2.48. The highest BCUT2D eigenvalue weighted by Gasteiger charge is 2.43. The fourth-order valence-corrected chi connectivity index (χ4v) is 5.31. The zero-order valence-electron chi connectivity index (χ0n) is 17.4. The summed E-state index contributed by atoms with van der Waals surface area (Å²) in [7, 11) is 0. The summed E-state index contributed by atoms with van der Waals surface area (Å²) in [6.07, 6.45) is 19.0. The fourth-order valence-electron chi connectivity index (χ4n) is 5.31. The van der Waals surface area contributed by atoms with Crippen molar-refractivity contribution in [1.29, 1.82) is 0 Å². The molecule has 0 aromatic carbocycles. The molecule has 4 atom stereocenters. The average Bonchev–Trinajstić information content (AvgIpc) is 2.60. The molecule has 0 aromatic heterocycles. The van der Waals surface area contributed by atoms with Crippen molar-refractivity contribution in [1.82, 2.24) is 0 Å². The van der Waals surface area contributed by atoms with Gasteiger partial charge in [-0.05, 0) is 55.8 Å². The molecule has 0 saturated heterocycles. The number of hydrogen-bond donors (Lipinski definition) is 0. The van der Waals surface area contributed by atoms with Crippen LogP contribution in [0.2, 0.25) is 0 Å². The van der Waals surface area contributed by atoms with Crippen molar-refractivity contribution in [2.24, 2.45) is 17.3 Å². The number of hydrogen-bond acceptors (Lipinski definition) is 2. The van der Waals surface area contributed by atoms with Crippen molar-refractivity contribution >= 4 is 0 Å². The second-order valence-corrected chi connectivity index (χ2v) is 8.91. The molecule has 0 spiro atoms. The van der Waals surface area contributed by atoms with Gasteiger partial charge in [-0.2, -0.15) is 0 Å². The first-order valence-corrected chi connectivity index (χ1v) is 11.1. The fraction of sp³-hybridized carbons (Fsp3) is 0.833. The van der Waals surface area contributed by atoms with Crippen LogP contribution in [0, 0.1) is 17.3 Å². The van der Waals surface area contributed by atoms with Gasteiger partial charge in [-0.15, -0.1) is 13.2 Å². The van der Waals surface area contributed by atoms with Gasteiger partial charge in [-0.1, -0.05) is 58.1 Å². The molecule has 0 radical (unpaired) electrons. The van der Waals surface area contributed by atoms with Gasteiger partial charge in [0, 0.05) is 0 Å². The minimum atomic E-state index is 0.260. The molecule has 0 bridgehead atoms. The van der Waals surface area contributed by atoms with E-state index in [9.17, 15) is 0 Å². The van der Waals surface area contributed by atoms with Gasteiger partial charge in [0.05, 0.1) is 25.4 Å². The SMILES string of the molecule is C=CCOC1CCC(C)(C2CCCCCCC2)C(OCC=C)CCC1C. The molecular weight excluding hydrogens is 320 g/mol. The Balaban J connectivity index is 2.16. The van der Waals surface area contributed by atoms with E-state index in [0.29, 0.717) is 31.3 Å². The average molecular weight is 363 g/mol. The van der Waals surface area contributed by atoms with E-state index in [4.69, 9.17) is 9.47 Å². The number of rotatable bonds is 7. The Morgan fingerprint density at radius 2 is 1.46 bits per heavy atom. The maximum Gasteiger partial charge on any atom is 0.0648 e. The van der Waals surface area contributed by atoms with E-state index in [1.165, 1.54) is 57.8 Å². The molecule has 150 valence electrons. The van der Waals surface area contributed by atoms with E-state index >= 15 is 0 Å². The molecule has 0 amide bonds. The first kappa shape index (κ1) is 21.7.